The summed E-state index contributed by atoms with van der Waals surface area (Å²) in [4.78, 5) is 0. The molecule has 0 spiro atoms. The van der Waals surface area contributed by atoms with Gasteiger partial charge in [0.2, 0.25) is 0 Å². The van der Waals surface area contributed by atoms with Crippen LogP contribution < -0.4 is 5.32 Å². The minimum absolute atomic E-state index is 0.204. The Kier molecular flexibility index (Phi) is 3.43. The van der Waals surface area contributed by atoms with Crippen molar-refractivity contribution in [3.05, 3.63) is 47.3 Å². The summed E-state index contributed by atoms with van der Waals surface area (Å²) < 4.78 is 26.5. The molecular formula is C11H12F2N4. The molecule has 0 aliphatic carbocycles. The van der Waals surface area contributed by atoms with Gasteiger partial charge in [-0.3, -0.25) is 0 Å². The summed E-state index contributed by atoms with van der Waals surface area (Å²) in [5.74, 6) is -0.869. The van der Waals surface area contributed by atoms with Gasteiger partial charge in [0, 0.05) is 0 Å². The van der Waals surface area contributed by atoms with E-state index in [2.05, 4.69) is 20.7 Å². The predicted octanol–water partition coefficient (Wildman–Crippen LogP) is 1.59. The Bertz CT molecular complexity index is 484. The number of rotatable bonds is 4. The van der Waals surface area contributed by atoms with Crippen LogP contribution in [0.4, 0.5) is 8.78 Å². The molecular weight excluding hydrogens is 226 g/mol. The third-order valence-corrected chi connectivity index (χ3v) is 2.57. The zero-order valence-corrected chi connectivity index (χ0v) is 9.24. The van der Waals surface area contributed by atoms with Crippen molar-refractivity contribution in [2.75, 3.05) is 7.05 Å². The Hall–Kier alpha value is -1.82. The van der Waals surface area contributed by atoms with E-state index in [1.54, 1.807) is 13.2 Å². The van der Waals surface area contributed by atoms with E-state index in [0.717, 1.165) is 12.1 Å². The highest BCUT2D eigenvalue weighted by molar-refractivity contribution is 5.21. The number of H-pyrrole nitrogens is 1. The van der Waals surface area contributed by atoms with Crippen LogP contribution in [0.25, 0.3) is 0 Å². The van der Waals surface area contributed by atoms with Crippen molar-refractivity contribution >= 4 is 0 Å². The first-order valence-corrected chi connectivity index (χ1v) is 5.17. The van der Waals surface area contributed by atoms with E-state index in [0.29, 0.717) is 17.7 Å². The van der Waals surface area contributed by atoms with Crippen molar-refractivity contribution in [2.45, 2.75) is 12.5 Å². The van der Waals surface area contributed by atoms with Gasteiger partial charge in [0.05, 0.1) is 17.9 Å². The summed E-state index contributed by atoms with van der Waals surface area (Å²) in [7, 11) is 1.73. The van der Waals surface area contributed by atoms with E-state index >= 15 is 0 Å². The number of hydrogen-bond acceptors (Lipinski definition) is 3. The summed E-state index contributed by atoms with van der Waals surface area (Å²) in [6.07, 6.45) is 1.87. The fraction of sp³-hybridized carbons (Fsp3) is 0.273. The fourth-order valence-corrected chi connectivity index (χ4v) is 1.65. The van der Waals surface area contributed by atoms with E-state index in [4.69, 9.17) is 0 Å². The average Bonchev–Trinajstić information content (AvgIpc) is 2.84. The molecule has 2 N–H and O–H groups in total. The summed E-state index contributed by atoms with van der Waals surface area (Å²) in [5.41, 5.74) is 0.975. The van der Waals surface area contributed by atoms with E-state index in [9.17, 15) is 8.78 Å². The van der Waals surface area contributed by atoms with Gasteiger partial charge in [0.25, 0.3) is 0 Å². The molecule has 1 unspecified atom stereocenters. The van der Waals surface area contributed by atoms with Gasteiger partial charge in [-0.15, -0.1) is 0 Å². The van der Waals surface area contributed by atoms with Gasteiger partial charge >= 0.3 is 0 Å². The van der Waals surface area contributed by atoms with Crippen molar-refractivity contribution in [3.63, 3.8) is 0 Å². The molecule has 0 aliphatic heterocycles. The molecule has 1 atom stereocenters. The summed E-state index contributed by atoms with van der Waals surface area (Å²) >= 11 is 0. The van der Waals surface area contributed by atoms with Crippen LogP contribution in [0.15, 0.2) is 24.4 Å². The number of aromatic nitrogens is 3. The lowest BCUT2D eigenvalue weighted by atomic mass is 10.0. The lowest BCUT2D eigenvalue weighted by molar-refractivity contribution is 0.535. The third-order valence-electron chi connectivity index (χ3n) is 2.57. The van der Waals surface area contributed by atoms with Crippen LogP contribution in [-0.2, 0) is 6.42 Å². The van der Waals surface area contributed by atoms with Gasteiger partial charge < -0.3 is 5.32 Å². The molecule has 6 heteroatoms. The fourth-order valence-electron chi connectivity index (χ4n) is 1.65. The van der Waals surface area contributed by atoms with Crippen molar-refractivity contribution in [1.29, 1.82) is 0 Å². The monoisotopic (exact) mass is 238 g/mol. The highest BCUT2D eigenvalue weighted by atomic mass is 19.1. The van der Waals surface area contributed by atoms with E-state index in [-0.39, 0.29) is 6.04 Å². The Morgan fingerprint density at radius 1 is 1.41 bits per heavy atom. The first kappa shape index (κ1) is 11.7. The minimum Gasteiger partial charge on any atom is -0.311 e. The normalized spacial score (nSPS) is 12.6. The van der Waals surface area contributed by atoms with Gasteiger partial charge in [0.1, 0.15) is 11.6 Å². The second-order valence-electron chi connectivity index (χ2n) is 3.68. The summed E-state index contributed by atoms with van der Waals surface area (Å²) in [6.45, 7) is 0. The van der Waals surface area contributed by atoms with Gasteiger partial charge in [-0.1, -0.05) is 0 Å². The number of aromatic amines is 1. The van der Waals surface area contributed by atoms with Crippen molar-refractivity contribution in [1.82, 2.24) is 20.7 Å². The molecule has 0 aliphatic rings. The molecule has 2 aromatic rings. The van der Waals surface area contributed by atoms with Crippen LogP contribution in [0.5, 0.6) is 0 Å². The Morgan fingerprint density at radius 3 is 2.88 bits per heavy atom. The van der Waals surface area contributed by atoms with E-state index in [1.165, 1.54) is 6.07 Å². The zero-order chi connectivity index (χ0) is 12.3. The molecule has 4 nitrogen and oxygen atoms in total. The predicted molar refractivity (Wildman–Crippen MR) is 58.2 cm³/mol. The summed E-state index contributed by atoms with van der Waals surface area (Å²) in [5, 5.41) is 13.1. The average molecular weight is 238 g/mol. The lowest BCUT2D eigenvalue weighted by Gasteiger charge is -2.13. The van der Waals surface area contributed by atoms with Gasteiger partial charge in [-0.05, 0) is 37.2 Å². The first-order valence-electron chi connectivity index (χ1n) is 5.17. The van der Waals surface area contributed by atoms with Crippen LogP contribution in [0.2, 0.25) is 0 Å². The quantitative estimate of drug-likeness (QED) is 0.850. The van der Waals surface area contributed by atoms with Crippen LogP contribution in [0.3, 0.4) is 0 Å². The number of nitrogens with zero attached hydrogens (tertiary/aromatic N) is 2. The van der Waals surface area contributed by atoms with Gasteiger partial charge in [0.15, 0.2) is 0 Å². The standard InChI is InChI=1S/C11H12F2N4/c1-14-10(11-6-15-17-16-11)5-7-4-8(12)2-3-9(7)13/h2-4,6,10,14H,5H2,1H3,(H,15,16,17). The Morgan fingerprint density at radius 2 is 2.24 bits per heavy atom. The second-order valence-corrected chi connectivity index (χ2v) is 3.68. The van der Waals surface area contributed by atoms with Crippen LogP contribution in [0.1, 0.15) is 17.3 Å². The molecule has 90 valence electrons. The van der Waals surface area contributed by atoms with E-state index in [1.807, 2.05) is 0 Å². The maximum atomic E-state index is 13.5. The maximum absolute atomic E-state index is 13.5. The maximum Gasteiger partial charge on any atom is 0.126 e. The minimum atomic E-state index is -0.448. The van der Waals surface area contributed by atoms with Gasteiger partial charge in [-0.2, -0.15) is 15.4 Å². The smallest absolute Gasteiger partial charge is 0.126 e. The van der Waals surface area contributed by atoms with Crippen LogP contribution in [-0.4, -0.2) is 22.5 Å². The van der Waals surface area contributed by atoms with Crippen molar-refractivity contribution in [3.8, 4) is 0 Å². The Labute approximate surface area is 97.0 Å². The highest BCUT2D eigenvalue weighted by Gasteiger charge is 2.15. The molecule has 0 radical (unpaired) electrons. The zero-order valence-electron chi connectivity index (χ0n) is 9.24. The summed E-state index contributed by atoms with van der Waals surface area (Å²) in [6, 6.07) is 3.22. The second kappa shape index (κ2) is 5.01. The number of hydrogen-bond donors (Lipinski definition) is 2. The highest BCUT2D eigenvalue weighted by Crippen LogP contribution is 2.18. The van der Waals surface area contributed by atoms with Crippen LogP contribution in [0, 0.1) is 11.6 Å². The number of nitrogens with one attached hydrogen (secondary N) is 2. The largest absolute Gasteiger partial charge is 0.311 e. The van der Waals surface area contributed by atoms with Crippen molar-refractivity contribution in [2.24, 2.45) is 0 Å². The third kappa shape index (κ3) is 2.65. The molecule has 0 saturated heterocycles. The van der Waals surface area contributed by atoms with Gasteiger partial charge in [-0.25, -0.2) is 8.78 Å². The molecule has 1 heterocycles. The molecule has 1 aromatic heterocycles. The molecule has 0 bridgehead atoms. The number of benzene rings is 1. The molecule has 0 saturated carbocycles. The lowest BCUT2D eigenvalue weighted by Crippen LogP contribution is -2.20. The number of halogens is 2. The molecule has 0 amide bonds. The molecule has 17 heavy (non-hydrogen) atoms. The SMILES string of the molecule is CNC(Cc1cc(F)ccc1F)c1cn[nH]n1. The van der Waals surface area contributed by atoms with Crippen molar-refractivity contribution < 1.29 is 8.78 Å². The molecule has 2 rings (SSSR count). The first-order chi connectivity index (χ1) is 8.20. The molecule has 1 aromatic carbocycles. The number of likely N-dealkylation sites (N-methyl/N-ethyl adjacent to an activating group) is 1. The van der Waals surface area contributed by atoms with E-state index < -0.39 is 11.6 Å². The Balaban J connectivity index is 2.21. The topological polar surface area (TPSA) is 53.6 Å². The van der Waals surface area contributed by atoms with Crippen LogP contribution >= 0.6 is 0 Å². The molecule has 0 fully saturated rings.